The minimum atomic E-state index is -1.96. The largest absolute Gasteiger partial charge is 0.481 e. The van der Waals surface area contributed by atoms with Crippen molar-refractivity contribution in [3.63, 3.8) is 0 Å². The molecule has 3 N–H and O–H groups in total. The number of hydrogen-bond acceptors (Lipinski definition) is 3. The van der Waals surface area contributed by atoms with E-state index in [1.165, 1.54) is 20.8 Å². The molecule has 5 heteroatoms. The second-order valence-electron chi connectivity index (χ2n) is 4.93. The van der Waals surface area contributed by atoms with Crippen molar-refractivity contribution in [1.82, 2.24) is 0 Å². The van der Waals surface area contributed by atoms with Gasteiger partial charge in [0.15, 0.2) is 5.60 Å². The van der Waals surface area contributed by atoms with Gasteiger partial charge in [0.1, 0.15) is 0 Å². The number of aliphatic hydroxyl groups is 1. The Kier molecular flexibility index (Phi) is 2.35. The molecule has 0 spiro atoms. The number of carboxylic acid groups (broad SMARTS) is 2. The molecule has 1 aliphatic carbocycles. The predicted octanol–water partition coefficient (Wildman–Crippen LogP) is 0.713. The summed E-state index contributed by atoms with van der Waals surface area (Å²) in [5.74, 6) is -2.41. The Morgan fingerprint density at radius 1 is 1.00 bits per heavy atom. The predicted molar refractivity (Wildman–Crippen MR) is 51.3 cm³/mol. The first-order chi connectivity index (χ1) is 6.59. The van der Waals surface area contributed by atoms with Crippen molar-refractivity contribution in [1.29, 1.82) is 0 Å². The lowest BCUT2D eigenvalue weighted by Gasteiger charge is -2.41. The van der Waals surface area contributed by atoms with E-state index >= 15 is 0 Å². The molecule has 0 amide bonds. The zero-order valence-corrected chi connectivity index (χ0v) is 9.07. The van der Waals surface area contributed by atoms with E-state index in [0.717, 1.165) is 0 Å². The van der Waals surface area contributed by atoms with Crippen molar-refractivity contribution in [3.8, 4) is 0 Å². The van der Waals surface area contributed by atoms with E-state index in [2.05, 4.69) is 0 Å². The van der Waals surface area contributed by atoms with Gasteiger partial charge in [-0.05, 0) is 19.8 Å². The fourth-order valence-corrected chi connectivity index (χ4v) is 2.26. The highest BCUT2D eigenvalue weighted by Crippen LogP contribution is 2.58. The van der Waals surface area contributed by atoms with Crippen LogP contribution in [0.15, 0.2) is 0 Å². The molecular weight excluding hydrogens is 200 g/mol. The third kappa shape index (κ3) is 1.19. The summed E-state index contributed by atoms with van der Waals surface area (Å²) in [6, 6.07) is 0. The molecule has 1 rings (SSSR count). The van der Waals surface area contributed by atoms with Gasteiger partial charge < -0.3 is 15.3 Å². The lowest BCUT2D eigenvalue weighted by molar-refractivity contribution is -0.179. The Morgan fingerprint density at radius 2 is 1.47 bits per heavy atom. The molecule has 86 valence electrons. The van der Waals surface area contributed by atoms with Crippen molar-refractivity contribution in [2.24, 2.45) is 10.8 Å². The van der Waals surface area contributed by atoms with Gasteiger partial charge in [-0.15, -0.1) is 0 Å². The van der Waals surface area contributed by atoms with Crippen molar-refractivity contribution >= 4 is 11.9 Å². The molecule has 0 aromatic carbocycles. The summed E-state index contributed by atoms with van der Waals surface area (Å²) < 4.78 is 0. The smallest absolute Gasteiger partial charge is 0.336 e. The van der Waals surface area contributed by atoms with E-state index in [0.29, 0.717) is 0 Å². The van der Waals surface area contributed by atoms with Crippen LogP contribution in [0.1, 0.15) is 33.6 Å². The number of carboxylic acids is 2. The van der Waals surface area contributed by atoms with Crippen LogP contribution in [0, 0.1) is 10.8 Å². The molecule has 5 nitrogen and oxygen atoms in total. The van der Waals surface area contributed by atoms with Gasteiger partial charge in [0.25, 0.3) is 0 Å². The van der Waals surface area contributed by atoms with E-state index in [1.807, 2.05) is 0 Å². The minimum Gasteiger partial charge on any atom is -0.481 e. The molecule has 0 bridgehead atoms. The zero-order valence-electron chi connectivity index (χ0n) is 9.07. The van der Waals surface area contributed by atoms with Crippen molar-refractivity contribution in [2.45, 2.75) is 39.2 Å². The van der Waals surface area contributed by atoms with Crippen LogP contribution in [0.25, 0.3) is 0 Å². The van der Waals surface area contributed by atoms with Crippen LogP contribution in [-0.2, 0) is 9.59 Å². The van der Waals surface area contributed by atoms with Crippen LogP contribution in [0.3, 0.4) is 0 Å². The molecule has 0 aliphatic heterocycles. The van der Waals surface area contributed by atoms with Gasteiger partial charge in [-0.25, -0.2) is 4.79 Å². The third-order valence-corrected chi connectivity index (χ3v) is 4.23. The maximum absolute atomic E-state index is 11.1. The van der Waals surface area contributed by atoms with Crippen LogP contribution in [0.2, 0.25) is 0 Å². The van der Waals surface area contributed by atoms with E-state index in [-0.39, 0.29) is 12.8 Å². The fourth-order valence-electron chi connectivity index (χ4n) is 2.26. The number of aliphatic carboxylic acids is 2. The van der Waals surface area contributed by atoms with Crippen molar-refractivity contribution in [2.75, 3.05) is 0 Å². The normalized spacial score (nSPS) is 38.9. The summed E-state index contributed by atoms with van der Waals surface area (Å²) >= 11 is 0. The Hall–Kier alpha value is -1.10. The standard InChI is InChI=1S/C10H16O5/c1-8(2)9(3,6(11)12)4-5-10(8,15)7(13)14/h15H,4-5H2,1-3H3,(H,11,12)(H,13,14)/t9-,10+/m1/s1. The molecule has 2 atom stereocenters. The van der Waals surface area contributed by atoms with Crippen molar-refractivity contribution < 1.29 is 24.9 Å². The summed E-state index contributed by atoms with van der Waals surface area (Å²) in [5, 5.41) is 28.1. The number of hydrogen-bond donors (Lipinski definition) is 3. The second kappa shape index (κ2) is 2.95. The quantitative estimate of drug-likeness (QED) is 0.632. The molecule has 0 aromatic rings. The minimum absolute atomic E-state index is 0.0296. The highest BCUT2D eigenvalue weighted by molar-refractivity contribution is 5.84. The van der Waals surface area contributed by atoms with Gasteiger partial charge in [0, 0.05) is 5.41 Å². The lowest BCUT2D eigenvalue weighted by atomic mass is 9.64. The molecule has 15 heavy (non-hydrogen) atoms. The summed E-state index contributed by atoms with van der Waals surface area (Å²) in [6.45, 7) is 4.46. The van der Waals surface area contributed by atoms with Gasteiger partial charge in [-0.3, -0.25) is 4.79 Å². The average Bonchev–Trinajstić information content (AvgIpc) is 2.28. The maximum atomic E-state index is 11.1. The molecule has 1 saturated carbocycles. The second-order valence-corrected chi connectivity index (χ2v) is 4.93. The Balaban J connectivity index is 3.26. The summed E-state index contributed by atoms with van der Waals surface area (Å²) in [6.07, 6.45) is 0.135. The molecule has 0 unspecified atom stereocenters. The molecule has 0 aromatic heterocycles. The lowest BCUT2D eigenvalue weighted by Crippen LogP contribution is -2.54. The molecule has 0 heterocycles. The van der Waals surface area contributed by atoms with Crippen molar-refractivity contribution in [3.05, 3.63) is 0 Å². The first kappa shape index (κ1) is 12.0. The Labute approximate surface area is 87.7 Å². The van der Waals surface area contributed by atoms with E-state index in [4.69, 9.17) is 10.2 Å². The third-order valence-electron chi connectivity index (χ3n) is 4.23. The van der Waals surface area contributed by atoms with Crippen LogP contribution in [0.5, 0.6) is 0 Å². The topological polar surface area (TPSA) is 94.8 Å². The van der Waals surface area contributed by atoms with Crippen LogP contribution in [-0.4, -0.2) is 32.9 Å². The van der Waals surface area contributed by atoms with E-state index < -0.39 is 28.4 Å². The van der Waals surface area contributed by atoms with E-state index in [9.17, 15) is 14.7 Å². The van der Waals surface area contributed by atoms with Gasteiger partial charge in [0.05, 0.1) is 5.41 Å². The Morgan fingerprint density at radius 3 is 1.67 bits per heavy atom. The zero-order chi connectivity index (χ0) is 12.1. The van der Waals surface area contributed by atoms with Crippen LogP contribution >= 0.6 is 0 Å². The van der Waals surface area contributed by atoms with Gasteiger partial charge in [-0.2, -0.15) is 0 Å². The van der Waals surface area contributed by atoms with Crippen LogP contribution < -0.4 is 0 Å². The first-order valence-electron chi connectivity index (χ1n) is 4.79. The van der Waals surface area contributed by atoms with E-state index in [1.54, 1.807) is 0 Å². The maximum Gasteiger partial charge on any atom is 0.336 e. The van der Waals surface area contributed by atoms with Gasteiger partial charge >= 0.3 is 11.9 Å². The molecule has 0 saturated heterocycles. The molecule has 1 aliphatic rings. The number of rotatable bonds is 2. The summed E-state index contributed by atoms with van der Waals surface area (Å²) in [4.78, 5) is 22.2. The summed E-state index contributed by atoms with van der Waals surface area (Å²) in [5.41, 5.74) is -4.36. The number of carbonyl (C=O) groups is 2. The first-order valence-corrected chi connectivity index (χ1v) is 4.79. The average molecular weight is 216 g/mol. The Bertz CT molecular complexity index is 292. The van der Waals surface area contributed by atoms with Crippen LogP contribution in [0.4, 0.5) is 0 Å². The molecule has 0 radical (unpaired) electrons. The fraction of sp³-hybridized carbons (Fsp3) is 0.800. The monoisotopic (exact) mass is 216 g/mol. The molecule has 1 fully saturated rings. The highest BCUT2D eigenvalue weighted by atomic mass is 16.4. The molecular formula is C10H16O5. The van der Waals surface area contributed by atoms with Gasteiger partial charge in [0.2, 0.25) is 0 Å². The SMILES string of the molecule is CC1(C)[C@@](C)(C(=O)O)CC[C@]1(O)C(=O)O. The van der Waals surface area contributed by atoms with Gasteiger partial charge in [-0.1, -0.05) is 13.8 Å². The highest BCUT2D eigenvalue weighted by Gasteiger charge is 2.67. The summed E-state index contributed by atoms with van der Waals surface area (Å²) in [7, 11) is 0.